The first-order chi connectivity index (χ1) is 38.0. The largest absolute Gasteiger partial charge is 0.480 e. The van der Waals surface area contributed by atoms with E-state index < -0.39 is 5.97 Å². The van der Waals surface area contributed by atoms with Crippen molar-refractivity contribution in [2.75, 3.05) is 18.0 Å². The van der Waals surface area contributed by atoms with Gasteiger partial charge >= 0.3 is 5.97 Å². The minimum Gasteiger partial charge on any atom is -0.480 e. The lowest BCUT2D eigenvalue weighted by Crippen LogP contribution is -2.29. The van der Waals surface area contributed by atoms with Gasteiger partial charge in [0.25, 0.3) is 6.47 Å². The van der Waals surface area contributed by atoms with Crippen LogP contribution in [0.1, 0.15) is 26.4 Å². The van der Waals surface area contributed by atoms with Gasteiger partial charge in [-0.3, -0.25) is 9.59 Å². The average Bonchev–Trinajstić information content (AvgIpc) is 4.33. The normalized spacial score (nSPS) is 12.9. The molecule has 11 rings (SSSR count). The lowest BCUT2D eigenvalue weighted by atomic mass is 9.95. The number of carbonyl (C=O) groups excluding carboxylic acids is 1. The first kappa shape index (κ1) is 52.9. The topological polar surface area (TPSA) is 93.9 Å². The summed E-state index contributed by atoms with van der Waals surface area (Å²) in [5.74, 6) is -0.948. The number of carboxylic acids is 1. The van der Waals surface area contributed by atoms with Gasteiger partial charge in [-0.1, -0.05) is 108 Å². The number of thioether (sulfide) groups is 1. The van der Waals surface area contributed by atoms with Gasteiger partial charge in [0.2, 0.25) is 5.76 Å². The molecular formula is C62H39Cl2N3O4S7. The zero-order valence-corrected chi connectivity index (χ0v) is 47.9. The van der Waals surface area contributed by atoms with Gasteiger partial charge in [0.15, 0.2) is 0 Å². The molecule has 6 heterocycles. The molecule has 0 saturated carbocycles. The Bertz CT molecular complexity index is 3920. The van der Waals surface area contributed by atoms with E-state index in [2.05, 4.69) is 138 Å². The highest BCUT2D eigenvalue weighted by Gasteiger charge is 2.24. The Hall–Kier alpha value is -7.13. The number of halogens is 2. The second kappa shape index (κ2) is 23.9. The number of hydrogen-bond acceptors (Lipinski definition) is 12. The van der Waals surface area contributed by atoms with Crippen LogP contribution in [0.3, 0.4) is 0 Å². The van der Waals surface area contributed by atoms with Crippen LogP contribution in [0.15, 0.2) is 193 Å². The molecule has 78 heavy (non-hydrogen) atoms. The van der Waals surface area contributed by atoms with Crippen molar-refractivity contribution < 1.29 is 19.4 Å². The Morgan fingerprint density at radius 3 is 1.54 bits per heavy atom. The monoisotopic (exact) mass is 1180 g/mol. The summed E-state index contributed by atoms with van der Waals surface area (Å²) < 4.78 is 5.41. The van der Waals surface area contributed by atoms with Crippen molar-refractivity contribution in [3.63, 3.8) is 0 Å². The Labute approximate surface area is 490 Å². The number of thiocarbonyl (C=S) groups is 1. The smallest absolute Gasteiger partial charge is 0.323 e. The van der Waals surface area contributed by atoms with E-state index >= 15 is 0 Å². The molecule has 16 heteroatoms. The highest BCUT2D eigenvalue weighted by molar-refractivity contribution is 8.25. The fourth-order valence-electron chi connectivity index (χ4n) is 8.71. The van der Waals surface area contributed by atoms with Gasteiger partial charge in [-0.15, -0.1) is 56.7 Å². The summed E-state index contributed by atoms with van der Waals surface area (Å²) in [6.45, 7) is 0.690. The lowest BCUT2D eigenvalue weighted by Gasteiger charge is -2.26. The third kappa shape index (κ3) is 12.3. The van der Waals surface area contributed by atoms with Crippen molar-refractivity contribution in [1.82, 2.24) is 4.90 Å². The van der Waals surface area contributed by atoms with Gasteiger partial charge in [-0.25, -0.2) is 0 Å². The van der Waals surface area contributed by atoms with Crippen molar-refractivity contribution in [2.24, 2.45) is 0 Å². The molecule has 0 atom stereocenters. The van der Waals surface area contributed by atoms with Crippen molar-refractivity contribution >= 4 is 161 Å². The van der Waals surface area contributed by atoms with Gasteiger partial charge in [0, 0.05) is 86.9 Å². The van der Waals surface area contributed by atoms with E-state index in [0.29, 0.717) is 20.9 Å². The van der Waals surface area contributed by atoms with Crippen LogP contribution in [0.2, 0.25) is 10.0 Å². The van der Waals surface area contributed by atoms with E-state index in [4.69, 9.17) is 40.2 Å². The quantitative estimate of drug-likeness (QED) is 0.0314. The molecule has 0 spiro atoms. The van der Waals surface area contributed by atoms with Crippen LogP contribution < -0.4 is 4.90 Å². The number of carboxylic acid groups (broad SMARTS) is 1. The molecule has 382 valence electrons. The SMILES string of the molecule is N#C/C(=C\c1ccc(-c2ccc(N(c3ccc(C=C(c4ccc(Cl)cc4)c4ccc(Cl)cc4)cc3)c3ccc(-c4ccc(-c5ccc(-c6ccc(-c7ccc(/C=C8/CN(CC(=O)O)C(=S)S8)s7)s6)s5)s4)cc3)cc2)s1)OC=O. The first-order valence-corrected chi connectivity index (χ1v) is 30.0. The Morgan fingerprint density at radius 2 is 1.03 bits per heavy atom. The number of nitriles is 1. The molecule has 5 aromatic carbocycles. The zero-order valence-electron chi connectivity index (χ0n) is 40.7. The molecule has 1 fully saturated rings. The predicted molar refractivity (Wildman–Crippen MR) is 336 cm³/mol. The highest BCUT2D eigenvalue weighted by atomic mass is 35.5. The molecule has 0 unspecified atom stereocenters. The molecule has 10 aromatic rings. The molecule has 1 saturated heterocycles. The summed E-state index contributed by atoms with van der Waals surface area (Å²) in [4.78, 5) is 38.5. The van der Waals surface area contributed by atoms with Crippen LogP contribution >= 0.6 is 104 Å². The predicted octanol–water partition coefficient (Wildman–Crippen LogP) is 19.5. The van der Waals surface area contributed by atoms with E-state index in [1.807, 2.05) is 66.7 Å². The minimum atomic E-state index is -0.883. The molecule has 1 aliphatic rings. The average molecular weight is 1190 g/mol. The summed E-state index contributed by atoms with van der Waals surface area (Å²) in [7, 11) is 0. The second-order valence-corrected chi connectivity index (χ2v) is 25.7. The number of rotatable bonds is 17. The molecule has 7 nitrogen and oxygen atoms in total. The van der Waals surface area contributed by atoms with Crippen molar-refractivity contribution in [1.29, 1.82) is 5.26 Å². The van der Waals surface area contributed by atoms with Crippen LogP contribution in [-0.4, -0.2) is 39.9 Å². The molecule has 5 aromatic heterocycles. The minimum absolute atomic E-state index is 0.0645. The number of anilines is 3. The molecule has 0 radical (unpaired) electrons. The third-order valence-corrected chi connectivity index (χ3v) is 20.4. The van der Waals surface area contributed by atoms with Crippen molar-refractivity contribution in [2.45, 2.75) is 0 Å². The number of benzene rings is 5. The maximum absolute atomic E-state index is 11.3. The van der Waals surface area contributed by atoms with E-state index in [0.717, 1.165) is 70.0 Å². The van der Waals surface area contributed by atoms with Gasteiger partial charge < -0.3 is 19.6 Å². The second-order valence-electron chi connectivity index (χ2n) is 17.6. The first-order valence-electron chi connectivity index (χ1n) is 24.0. The number of aliphatic carboxylic acids is 1. The molecule has 0 aliphatic carbocycles. The maximum Gasteiger partial charge on any atom is 0.323 e. The van der Waals surface area contributed by atoms with E-state index in [-0.39, 0.29) is 18.8 Å². The van der Waals surface area contributed by atoms with Gasteiger partial charge in [-0.05, 0) is 167 Å². The fraction of sp³-hybridized carbons (Fsp3) is 0.0323. The number of thiophene rings is 5. The van der Waals surface area contributed by atoms with Crippen LogP contribution in [0, 0.1) is 11.3 Å². The number of ether oxygens (including phenoxy) is 1. The van der Waals surface area contributed by atoms with Crippen molar-refractivity contribution in [3.05, 3.63) is 229 Å². The molecule has 0 bridgehead atoms. The van der Waals surface area contributed by atoms with Crippen LogP contribution in [0.25, 0.3) is 73.9 Å². The summed E-state index contributed by atoms with van der Waals surface area (Å²) in [5, 5.41) is 20.0. The Kier molecular flexibility index (Phi) is 16.2. The fourth-order valence-corrected chi connectivity index (χ4v) is 15.6. The molecular weight excluding hydrogens is 1150 g/mol. The van der Waals surface area contributed by atoms with Crippen LogP contribution in [0.4, 0.5) is 17.1 Å². The van der Waals surface area contributed by atoms with E-state index in [1.165, 1.54) is 57.2 Å². The Morgan fingerprint density at radius 1 is 0.590 bits per heavy atom. The summed E-state index contributed by atoms with van der Waals surface area (Å²) >= 11 is 28.1. The standard InChI is InChI=1S/C62H39Cl2N3O4S7/c63-43-11-3-39(4-12-43)52(40-5-13-44(64)14-6-40)31-38-1-15-45(16-2-38)67(46-17-7-41(8-18-46)53-23-21-49(73-53)32-48(34-65)71-37-68)47-19-9-42(10-20-47)54-25-26-57(76-54)58-29-30-60(78-58)59-28-27-56(77-59)55-24-22-50(74-55)33-51-35-66(36-61(69)70)62(72)75-51/h1-33,37H,35-36H2,(H,69,70)/b48-32+,51-33-. The maximum atomic E-state index is 11.3. The third-order valence-electron chi connectivity index (χ3n) is 12.4. The Balaban J connectivity index is 0.840. The van der Waals surface area contributed by atoms with Gasteiger partial charge in [0.05, 0.1) is 6.54 Å². The lowest BCUT2D eigenvalue weighted by molar-refractivity contribution is -0.137. The van der Waals surface area contributed by atoms with E-state index in [9.17, 15) is 20.0 Å². The van der Waals surface area contributed by atoms with Crippen LogP contribution in [0.5, 0.6) is 0 Å². The van der Waals surface area contributed by atoms with Gasteiger partial charge in [-0.2, -0.15) is 5.26 Å². The molecule has 0 amide bonds. The number of allylic oxidation sites excluding steroid dienone is 1. The summed E-state index contributed by atoms with van der Waals surface area (Å²) in [6.07, 6.45) is 5.86. The number of hydrogen-bond donors (Lipinski definition) is 1. The molecule has 1 aliphatic heterocycles. The van der Waals surface area contributed by atoms with Gasteiger partial charge in [0.1, 0.15) is 16.9 Å². The van der Waals surface area contributed by atoms with Crippen molar-refractivity contribution in [3.8, 4) is 56.2 Å². The van der Waals surface area contributed by atoms with Crippen LogP contribution in [-0.2, 0) is 14.3 Å². The zero-order chi connectivity index (χ0) is 53.7. The number of nitrogens with zero attached hydrogens (tertiary/aromatic N) is 3. The molecule has 1 N–H and O–H groups in total. The summed E-state index contributed by atoms with van der Waals surface area (Å²) in [6, 6.07) is 64.7. The van der Waals surface area contributed by atoms with E-state index in [1.54, 1.807) is 56.3 Å². The number of carbonyl (C=O) groups is 2. The highest BCUT2D eigenvalue weighted by Crippen LogP contribution is 2.46. The summed E-state index contributed by atoms with van der Waals surface area (Å²) in [5.41, 5.74) is 9.22.